The Morgan fingerprint density at radius 1 is 1.67 bits per heavy atom. The van der Waals surface area contributed by atoms with E-state index in [-0.39, 0.29) is 4.45 Å². The van der Waals surface area contributed by atoms with E-state index in [9.17, 15) is 4.79 Å². The molecule has 0 aliphatic rings. The molecule has 0 unspecified atom stereocenters. The molecule has 0 rings (SSSR count). The molecule has 0 saturated carbocycles. The Morgan fingerprint density at radius 2 is 2.22 bits per heavy atom. The van der Waals surface area contributed by atoms with E-state index in [1.807, 2.05) is 6.26 Å². The quantitative estimate of drug-likeness (QED) is 0.624. The molecule has 0 aliphatic heterocycles. The first-order valence-electron chi connectivity index (χ1n) is 2.95. The number of carbonyl (C=O) groups excluding carboxylic acids is 1. The average Bonchev–Trinajstić information content (AvgIpc) is 1.87. The van der Waals surface area contributed by atoms with E-state index in [4.69, 9.17) is 0 Å². The van der Waals surface area contributed by atoms with Crippen LogP contribution in [0.2, 0.25) is 0 Å². The third-order valence-electron chi connectivity index (χ3n) is 1.04. The molecule has 0 saturated heterocycles. The monoisotopic (exact) mass is 164 g/mol. The lowest BCUT2D eigenvalue weighted by molar-refractivity contribution is 0.276. The third kappa shape index (κ3) is 4.85. The van der Waals surface area contributed by atoms with Crippen LogP contribution in [0.4, 0.5) is 4.79 Å². The zero-order valence-electron chi connectivity index (χ0n) is 6.01. The summed E-state index contributed by atoms with van der Waals surface area (Å²) in [4.78, 5) is 10.7. The molecule has 0 fully saturated rings. The summed E-state index contributed by atoms with van der Waals surface area (Å²) in [6.07, 6.45) is 2.88. The Labute approximate surface area is 65.0 Å². The predicted octanol–water partition coefficient (Wildman–Crippen LogP) is 3.00. The van der Waals surface area contributed by atoms with Gasteiger partial charge in [-0.2, -0.15) is 0 Å². The molecule has 0 aliphatic carbocycles. The number of thioether (sulfide) groups is 2. The van der Waals surface area contributed by atoms with Crippen molar-refractivity contribution in [1.29, 1.82) is 0 Å². The maximum atomic E-state index is 10.7. The Kier molecular flexibility index (Phi) is 5.39. The smallest absolute Gasteiger partial charge is 0.246 e. The highest BCUT2D eigenvalue weighted by molar-refractivity contribution is 8.38. The van der Waals surface area contributed by atoms with Crippen LogP contribution >= 0.6 is 23.5 Å². The van der Waals surface area contributed by atoms with Crippen molar-refractivity contribution in [1.82, 2.24) is 0 Å². The minimum absolute atomic E-state index is 0.226. The van der Waals surface area contributed by atoms with E-state index in [1.165, 1.54) is 23.5 Å². The Bertz CT molecular complexity index is 93.1. The first kappa shape index (κ1) is 9.37. The summed E-state index contributed by atoms with van der Waals surface area (Å²) in [5, 5.41) is 0.477. The second-order valence-electron chi connectivity index (χ2n) is 1.79. The molecule has 0 bridgehead atoms. The van der Waals surface area contributed by atoms with Crippen LogP contribution < -0.4 is 0 Å². The van der Waals surface area contributed by atoms with Gasteiger partial charge in [0.2, 0.25) is 4.45 Å². The van der Waals surface area contributed by atoms with Gasteiger partial charge in [0.1, 0.15) is 0 Å². The lowest BCUT2D eigenvalue weighted by Crippen LogP contribution is -1.94. The highest BCUT2D eigenvalue weighted by Gasteiger charge is 2.04. The summed E-state index contributed by atoms with van der Waals surface area (Å²) in [6, 6.07) is 0. The minimum atomic E-state index is 0.226. The second-order valence-corrected chi connectivity index (χ2v) is 4.24. The molecule has 54 valence electrons. The molecule has 1 atom stereocenters. The first-order chi connectivity index (χ1) is 4.20. The SMILES string of the molecule is CC[C@H](C)SC(=O)SC. The van der Waals surface area contributed by atoms with Gasteiger partial charge in [-0.05, 0) is 12.7 Å². The fourth-order valence-corrected chi connectivity index (χ4v) is 1.67. The standard InChI is InChI=1S/C6H12OS2/c1-4-5(2)9-6(7)8-3/h5H,4H2,1-3H3/t5-/m0/s1. The van der Waals surface area contributed by atoms with Crippen molar-refractivity contribution in [2.24, 2.45) is 0 Å². The fraction of sp³-hybridized carbons (Fsp3) is 0.833. The number of hydrogen-bond donors (Lipinski definition) is 0. The van der Waals surface area contributed by atoms with E-state index in [0.717, 1.165) is 6.42 Å². The zero-order chi connectivity index (χ0) is 7.28. The third-order valence-corrected chi connectivity index (χ3v) is 3.09. The van der Waals surface area contributed by atoms with Crippen molar-refractivity contribution in [3.8, 4) is 0 Å². The van der Waals surface area contributed by atoms with Gasteiger partial charge in [-0.3, -0.25) is 4.79 Å². The van der Waals surface area contributed by atoms with Gasteiger partial charge in [-0.1, -0.05) is 37.4 Å². The zero-order valence-corrected chi connectivity index (χ0v) is 7.64. The molecule has 0 spiro atoms. The molecule has 0 amide bonds. The van der Waals surface area contributed by atoms with Gasteiger partial charge < -0.3 is 0 Å². The molecule has 3 heteroatoms. The summed E-state index contributed by atoms with van der Waals surface area (Å²) in [5.74, 6) is 0. The van der Waals surface area contributed by atoms with Crippen LogP contribution in [0, 0.1) is 0 Å². The second kappa shape index (κ2) is 5.18. The van der Waals surface area contributed by atoms with Gasteiger partial charge in [0.15, 0.2) is 0 Å². The normalized spacial score (nSPS) is 13.2. The van der Waals surface area contributed by atoms with Crippen LogP contribution in [0.1, 0.15) is 20.3 Å². The number of hydrogen-bond acceptors (Lipinski definition) is 3. The fourth-order valence-electron chi connectivity index (χ4n) is 0.296. The van der Waals surface area contributed by atoms with E-state index < -0.39 is 0 Å². The summed E-state index contributed by atoms with van der Waals surface area (Å²) < 4.78 is 0.226. The lowest BCUT2D eigenvalue weighted by atomic mass is 10.4. The highest BCUT2D eigenvalue weighted by atomic mass is 32.2. The molecule has 0 aromatic rings. The lowest BCUT2D eigenvalue weighted by Gasteiger charge is -2.02. The van der Waals surface area contributed by atoms with Crippen molar-refractivity contribution in [2.45, 2.75) is 25.5 Å². The molecular weight excluding hydrogens is 152 g/mol. The molecule has 0 heterocycles. The Balaban J connectivity index is 3.34. The number of rotatable bonds is 2. The predicted molar refractivity (Wildman–Crippen MR) is 46.3 cm³/mol. The Hall–Kier alpha value is 0.370. The maximum Gasteiger partial charge on any atom is 0.246 e. The van der Waals surface area contributed by atoms with Crippen LogP contribution in [-0.4, -0.2) is 16.0 Å². The van der Waals surface area contributed by atoms with Crippen molar-refractivity contribution < 1.29 is 4.79 Å². The topological polar surface area (TPSA) is 17.1 Å². The molecule has 0 aromatic carbocycles. The molecule has 0 radical (unpaired) electrons. The van der Waals surface area contributed by atoms with Crippen LogP contribution in [0.15, 0.2) is 0 Å². The van der Waals surface area contributed by atoms with Crippen molar-refractivity contribution in [2.75, 3.05) is 6.26 Å². The summed E-state index contributed by atoms with van der Waals surface area (Å²) in [5.41, 5.74) is 0. The Morgan fingerprint density at radius 3 is 2.56 bits per heavy atom. The van der Waals surface area contributed by atoms with Crippen molar-refractivity contribution in [3.63, 3.8) is 0 Å². The van der Waals surface area contributed by atoms with Gasteiger partial charge in [0.25, 0.3) is 0 Å². The van der Waals surface area contributed by atoms with Crippen molar-refractivity contribution in [3.05, 3.63) is 0 Å². The summed E-state index contributed by atoms with van der Waals surface area (Å²) in [7, 11) is 0. The van der Waals surface area contributed by atoms with Gasteiger partial charge in [0, 0.05) is 5.25 Å². The van der Waals surface area contributed by atoms with Crippen LogP contribution in [0.3, 0.4) is 0 Å². The van der Waals surface area contributed by atoms with Gasteiger partial charge in [-0.25, -0.2) is 0 Å². The van der Waals surface area contributed by atoms with Gasteiger partial charge >= 0.3 is 0 Å². The van der Waals surface area contributed by atoms with Crippen LogP contribution in [0.25, 0.3) is 0 Å². The number of carbonyl (C=O) groups is 1. The first-order valence-corrected chi connectivity index (χ1v) is 5.05. The molecule has 0 aromatic heterocycles. The molecule has 9 heavy (non-hydrogen) atoms. The largest absolute Gasteiger partial charge is 0.274 e. The van der Waals surface area contributed by atoms with E-state index >= 15 is 0 Å². The highest BCUT2D eigenvalue weighted by Crippen LogP contribution is 2.20. The van der Waals surface area contributed by atoms with Gasteiger partial charge in [-0.15, -0.1) is 0 Å². The van der Waals surface area contributed by atoms with E-state index in [1.54, 1.807) is 0 Å². The average molecular weight is 164 g/mol. The van der Waals surface area contributed by atoms with Crippen LogP contribution in [0.5, 0.6) is 0 Å². The molecule has 1 nitrogen and oxygen atoms in total. The van der Waals surface area contributed by atoms with E-state index in [2.05, 4.69) is 13.8 Å². The maximum absolute atomic E-state index is 10.7. The van der Waals surface area contributed by atoms with Crippen LogP contribution in [-0.2, 0) is 0 Å². The summed E-state index contributed by atoms with van der Waals surface area (Å²) >= 11 is 2.72. The van der Waals surface area contributed by atoms with Crippen molar-refractivity contribution >= 4 is 28.0 Å². The molecular formula is C6H12OS2. The molecule has 0 N–H and O–H groups in total. The summed E-state index contributed by atoms with van der Waals surface area (Å²) in [6.45, 7) is 4.16. The van der Waals surface area contributed by atoms with E-state index in [0.29, 0.717) is 5.25 Å². The minimum Gasteiger partial charge on any atom is -0.274 e. The van der Waals surface area contributed by atoms with Gasteiger partial charge in [0.05, 0.1) is 0 Å².